The zero-order valence-corrected chi connectivity index (χ0v) is 14.5. The maximum atomic E-state index is 12.1. The van der Waals surface area contributed by atoms with Crippen molar-refractivity contribution in [2.24, 2.45) is 0 Å². The Bertz CT molecular complexity index is 616. The number of carbonyl (C=O) groups excluding carboxylic acids is 1. The Labute approximate surface area is 142 Å². The zero-order chi connectivity index (χ0) is 16.5. The van der Waals surface area contributed by atoms with E-state index in [9.17, 15) is 4.79 Å². The van der Waals surface area contributed by atoms with Crippen LogP contribution in [0.1, 0.15) is 26.7 Å². The quantitative estimate of drug-likeness (QED) is 0.746. The van der Waals surface area contributed by atoms with Crippen LogP contribution in [0.25, 0.3) is 0 Å². The largest absolute Gasteiger partial charge is 0.324 e. The van der Waals surface area contributed by atoms with Crippen LogP contribution < -0.4 is 10.6 Å². The topological polar surface area (TPSA) is 41.1 Å². The second-order valence-corrected chi connectivity index (χ2v) is 6.65. The van der Waals surface area contributed by atoms with Gasteiger partial charge in [-0.1, -0.05) is 55.4 Å². The number of hydrogen-bond acceptors (Lipinski definition) is 3. The van der Waals surface area contributed by atoms with Crippen molar-refractivity contribution in [2.45, 2.75) is 42.5 Å². The Morgan fingerprint density at radius 2 is 1.78 bits per heavy atom. The highest BCUT2D eigenvalue weighted by Gasteiger charge is 2.09. The number of carbonyl (C=O) groups is 1. The van der Waals surface area contributed by atoms with E-state index in [2.05, 4.69) is 36.6 Å². The van der Waals surface area contributed by atoms with Crippen molar-refractivity contribution in [1.29, 1.82) is 0 Å². The first-order valence-corrected chi connectivity index (χ1v) is 8.86. The molecule has 1 amide bonds. The van der Waals surface area contributed by atoms with Crippen molar-refractivity contribution in [2.75, 3.05) is 11.9 Å². The third-order valence-electron chi connectivity index (χ3n) is 3.46. The Morgan fingerprint density at radius 3 is 2.52 bits per heavy atom. The highest BCUT2D eigenvalue weighted by atomic mass is 32.2. The first-order chi connectivity index (χ1) is 11.2. The van der Waals surface area contributed by atoms with E-state index >= 15 is 0 Å². The number of nitrogens with one attached hydrogen (secondary N) is 2. The van der Waals surface area contributed by atoms with Gasteiger partial charge in [0.15, 0.2) is 0 Å². The standard InChI is InChI=1S/C19H24N2OS/c1-3-9-15(2)20-14-19(22)21-17-12-7-8-13-18(17)23-16-10-5-4-6-11-16/h4-8,10-13,15,20H,3,9,14H2,1-2H3,(H,21,22)/t15-/m0/s1. The normalized spacial score (nSPS) is 11.9. The number of hydrogen-bond donors (Lipinski definition) is 2. The molecule has 122 valence electrons. The van der Waals surface area contributed by atoms with E-state index in [1.54, 1.807) is 11.8 Å². The molecule has 0 unspecified atom stereocenters. The smallest absolute Gasteiger partial charge is 0.238 e. The van der Waals surface area contributed by atoms with Gasteiger partial charge in [0.25, 0.3) is 0 Å². The molecule has 0 radical (unpaired) electrons. The molecule has 0 saturated carbocycles. The minimum atomic E-state index is -0.00550. The minimum absolute atomic E-state index is 0.00550. The molecule has 4 heteroatoms. The molecule has 0 aliphatic rings. The second-order valence-electron chi connectivity index (χ2n) is 5.53. The summed E-state index contributed by atoms with van der Waals surface area (Å²) in [5.74, 6) is -0.00550. The lowest BCUT2D eigenvalue weighted by Gasteiger charge is -2.14. The SMILES string of the molecule is CCC[C@H](C)NCC(=O)Nc1ccccc1Sc1ccccc1. The summed E-state index contributed by atoms with van der Waals surface area (Å²) in [6.07, 6.45) is 2.19. The fraction of sp³-hybridized carbons (Fsp3) is 0.316. The van der Waals surface area contributed by atoms with Crippen molar-refractivity contribution < 1.29 is 4.79 Å². The molecule has 0 spiro atoms. The Morgan fingerprint density at radius 1 is 1.09 bits per heavy atom. The van der Waals surface area contributed by atoms with Crippen LogP contribution in [-0.2, 0) is 4.79 Å². The van der Waals surface area contributed by atoms with Gasteiger partial charge in [0.1, 0.15) is 0 Å². The third kappa shape index (κ3) is 6.08. The number of rotatable bonds is 8. The van der Waals surface area contributed by atoms with Crippen LogP contribution in [0.4, 0.5) is 5.69 Å². The van der Waals surface area contributed by atoms with Crippen LogP contribution in [0.15, 0.2) is 64.4 Å². The molecule has 2 N–H and O–H groups in total. The van der Waals surface area contributed by atoms with Crippen molar-refractivity contribution in [3.63, 3.8) is 0 Å². The van der Waals surface area contributed by atoms with E-state index in [1.165, 1.54) is 0 Å². The molecular weight excluding hydrogens is 304 g/mol. The van der Waals surface area contributed by atoms with Crippen molar-refractivity contribution >= 4 is 23.4 Å². The number of para-hydroxylation sites is 1. The molecule has 0 saturated heterocycles. The fourth-order valence-electron chi connectivity index (χ4n) is 2.27. The van der Waals surface area contributed by atoms with Crippen molar-refractivity contribution in [1.82, 2.24) is 5.32 Å². The fourth-order valence-corrected chi connectivity index (χ4v) is 3.19. The predicted octanol–water partition coefficient (Wildman–Crippen LogP) is 4.55. The summed E-state index contributed by atoms with van der Waals surface area (Å²) in [5.41, 5.74) is 0.858. The minimum Gasteiger partial charge on any atom is -0.324 e. The lowest BCUT2D eigenvalue weighted by molar-refractivity contribution is -0.115. The van der Waals surface area contributed by atoms with E-state index < -0.39 is 0 Å². The van der Waals surface area contributed by atoms with Crippen molar-refractivity contribution in [3.8, 4) is 0 Å². The van der Waals surface area contributed by atoms with E-state index in [1.807, 2.05) is 42.5 Å². The van der Waals surface area contributed by atoms with Gasteiger partial charge < -0.3 is 10.6 Å². The van der Waals surface area contributed by atoms with Crippen LogP contribution in [0, 0.1) is 0 Å². The van der Waals surface area contributed by atoms with Crippen LogP contribution in [0.5, 0.6) is 0 Å². The lowest BCUT2D eigenvalue weighted by atomic mass is 10.2. The number of benzene rings is 2. The highest BCUT2D eigenvalue weighted by Crippen LogP contribution is 2.33. The highest BCUT2D eigenvalue weighted by molar-refractivity contribution is 7.99. The van der Waals surface area contributed by atoms with Crippen LogP contribution in [0.2, 0.25) is 0 Å². The average Bonchev–Trinajstić information content (AvgIpc) is 2.56. The van der Waals surface area contributed by atoms with Gasteiger partial charge in [-0.25, -0.2) is 0 Å². The Balaban J connectivity index is 1.96. The molecule has 0 aliphatic heterocycles. The maximum absolute atomic E-state index is 12.1. The molecule has 2 aromatic carbocycles. The molecule has 1 atom stereocenters. The van der Waals surface area contributed by atoms with Crippen LogP contribution in [-0.4, -0.2) is 18.5 Å². The molecule has 0 bridgehead atoms. The molecular formula is C19H24N2OS. The maximum Gasteiger partial charge on any atom is 0.238 e. The van der Waals surface area contributed by atoms with E-state index in [0.717, 1.165) is 28.3 Å². The first-order valence-electron chi connectivity index (χ1n) is 8.04. The van der Waals surface area contributed by atoms with Gasteiger partial charge in [0.2, 0.25) is 5.91 Å². The molecule has 0 fully saturated rings. The van der Waals surface area contributed by atoms with Gasteiger partial charge in [-0.05, 0) is 37.6 Å². The lowest BCUT2D eigenvalue weighted by Crippen LogP contribution is -2.34. The molecule has 2 rings (SSSR count). The Hall–Kier alpha value is -1.78. The third-order valence-corrected chi connectivity index (χ3v) is 4.55. The number of amides is 1. The van der Waals surface area contributed by atoms with Gasteiger partial charge in [0, 0.05) is 15.8 Å². The van der Waals surface area contributed by atoms with Gasteiger partial charge >= 0.3 is 0 Å². The first kappa shape index (κ1) is 17.6. The van der Waals surface area contributed by atoms with E-state index in [-0.39, 0.29) is 5.91 Å². The number of anilines is 1. The summed E-state index contributed by atoms with van der Waals surface area (Å²) in [6.45, 7) is 4.59. The average molecular weight is 328 g/mol. The van der Waals surface area contributed by atoms with Gasteiger partial charge in [-0.3, -0.25) is 4.79 Å². The second kappa shape index (κ2) is 9.38. The van der Waals surface area contributed by atoms with Crippen LogP contribution >= 0.6 is 11.8 Å². The summed E-state index contributed by atoms with van der Waals surface area (Å²) in [4.78, 5) is 14.3. The predicted molar refractivity (Wildman–Crippen MR) is 98.0 cm³/mol. The zero-order valence-electron chi connectivity index (χ0n) is 13.7. The van der Waals surface area contributed by atoms with Gasteiger partial charge in [-0.2, -0.15) is 0 Å². The molecule has 0 aromatic heterocycles. The molecule has 2 aromatic rings. The Kier molecular flexibility index (Phi) is 7.17. The molecule has 0 heterocycles. The molecule has 3 nitrogen and oxygen atoms in total. The summed E-state index contributed by atoms with van der Waals surface area (Å²) in [7, 11) is 0. The van der Waals surface area contributed by atoms with E-state index in [4.69, 9.17) is 0 Å². The molecule has 0 aliphatic carbocycles. The monoisotopic (exact) mass is 328 g/mol. The summed E-state index contributed by atoms with van der Waals surface area (Å²) in [6, 6.07) is 18.4. The van der Waals surface area contributed by atoms with Gasteiger partial charge in [0.05, 0.1) is 12.2 Å². The van der Waals surface area contributed by atoms with Crippen molar-refractivity contribution in [3.05, 3.63) is 54.6 Å². The van der Waals surface area contributed by atoms with Gasteiger partial charge in [-0.15, -0.1) is 0 Å². The molecule has 23 heavy (non-hydrogen) atoms. The van der Waals surface area contributed by atoms with Crippen LogP contribution in [0.3, 0.4) is 0 Å². The summed E-state index contributed by atoms with van der Waals surface area (Å²) >= 11 is 1.65. The summed E-state index contributed by atoms with van der Waals surface area (Å²) in [5, 5.41) is 6.26. The van der Waals surface area contributed by atoms with E-state index in [0.29, 0.717) is 12.6 Å². The summed E-state index contributed by atoms with van der Waals surface area (Å²) < 4.78 is 0.